The lowest BCUT2D eigenvalue weighted by Crippen LogP contribution is -2.49. The van der Waals surface area contributed by atoms with Crippen molar-refractivity contribution in [2.75, 3.05) is 38.2 Å². The van der Waals surface area contributed by atoms with E-state index in [0.717, 1.165) is 24.3 Å². The summed E-state index contributed by atoms with van der Waals surface area (Å²) >= 11 is 0. The summed E-state index contributed by atoms with van der Waals surface area (Å²) in [6, 6.07) is 8.17. The lowest BCUT2D eigenvalue weighted by molar-refractivity contribution is -0.146. The Hall–Kier alpha value is -2.50. The van der Waals surface area contributed by atoms with Crippen molar-refractivity contribution in [2.24, 2.45) is 0 Å². The van der Waals surface area contributed by atoms with Crippen LogP contribution >= 0.6 is 0 Å². The Bertz CT molecular complexity index is 687. The molecule has 1 aromatic carbocycles. The number of aromatic amines is 1. The third kappa shape index (κ3) is 2.77. The minimum atomic E-state index is -0.482. The van der Waals surface area contributed by atoms with E-state index >= 15 is 0 Å². The number of fused-ring (bicyclic) bond motifs is 1. The molecule has 1 amide bonds. The van der Waals surface area contributed by atoms with Gasteiger partial charge in [0.25, 0.3) is 0 Å². The van der Waals surface area contributed by atoms with Gasteiger partial charge in [0, 0.05) is 43.3 Å². The molecule has 6 nitrogen and oxygen atoms in total. The number of nitrogens with one attached hydrogen (secondary N) is 1. The van der Waals surface area contributed by atoms with Crippen LogP contribution in [-0.4, -0.2) is 55.0 Å². The van der Waals surface area contributed by atoms with Crippen molar-refractivity contribution in [2.45, 2.75) is 6.42 Å². The van der Waals surface area contributed by atoms with E-state index in [1.54, 1.807) is 4.90 Å². The molecule has 0 atom stereocenters. The minimum absolute atomic E-state index is 0.162. The van der Waals surface area contributed by atoms with Gasteiger partial charge in [0.2, 0.25) is 5.91 Å². The minimum Gasteiger partial charge on any atom is -0.469 e. The highest BCUT2D eigenvalue weighted by molar-refractivity contribution is 5.95. The molecule has 0 aliphatic carbocycles. The third-order valence-electron chi connectivity index (χ3n) is 4.06. The molecule has 0 bridgehead atoms. The fourth-order valence-corrected chi connectivity index (χ4v) is 2.82. The van der Waals surface area contributed by atoms with Gasteiger partial charge < -0.3 is 19.5 Å². The Morgan fingerprint density at radius 3 is 2.64 bits per heavy atom. The second kappa shape index (κ2) is 6.09. The quantitative estimate of drug-likeness (QED) is 0.687. The van der Waals surface area contributed by atoms with Crippen LogP contribution in [0.4, 0.5) is 5.69 Å². The zero-order valence-corrected chi connectivity index (χ0v) is 12.5. The van der Waals surface area contributed by atoms with Crippen molar-refractivity contribution in [1.82, 2.24) is 9.88 Å². The van der Waals surface area contributed by atoms with Gasteiger partial charge in [-0.1, -0.05) is 18.2 Å². The fourth-order valence-electron chi connectivity index (χ4n) is 2.82. The molecular formula is C16H19N3O3. The van der Waals surface area contributed by atoms with E-state index < -0.39 is 5.97 Å². The number of anilines is 1. The van der Waals surface area contributed by atoms with Crippen LogP contribution in [-0.2, 0) is 14.3 Å². The van der Waals surface area contributed by atoms with Gasteiger partial charge in [-0.2, -0.15) is 0 Å². The standard InChI is InChI=1S/C16H19N3O3/c1-22-16(21)10-15(20)19-8-6-18(7-9-19)14-11-17-13-5-3-2-4-12(13)14/h2-5,11,17H,6-10H2,1H3. The summed E-state index contributed by atoms with van der Waals surface area (Å²) in [5, 5.41) is 1.19. The fraction of sp³-hybridized carbons (Fsp3) is 0.375. The Kier molecular flexibility index (Phi) is 4.00. The summed E-state index contributed by atoms with van der Waals surface area (Å²) in [5.74, 6) is -0.644. The maximum absolute atomic E-state index is 12.0. The van der Waals surface area contributed by atoms with Crippen molar-refractivity contribution in [1.29, 1.82) is 0 Å². The lowest BCUT2D eigenvalue weighted by atomic mass is 10.2. The van der Waals surface area contributed by atoms with Gasteiger partial charge in [0.05, 0.1) is 12.8 Å². The van der Waals surface area contributed by atoms with E-state index in [4.69, 9.17) is 0 Å². The molecule has 2 heterocycles. The molecule has 6 heteroatoms. The van der Waals surface area contributed by atoms with E-state index in [0.29, 0.717) is 13.1 Å². The molecule has 1 aromatic heterocycles. The normalized spacial score (nSPS) is 15.1. The summed E-state index contributed by atoms with van der Waals surface area (Å²) in [7, 11) is 1.30. The first-order chi connectivity index (χ1) is 10.7. The summed E-state index contributed by atoms with van der Waals surface area (Å²) in [6.07, 6.45) is 1.83. The van der Waals surface area contributed by atoms with E-state index in [9.17, 15) is 9.59 Å². The molecule has 0 spiro atoms. The first-order valence-corrected chi connectivity index (χ1v) is 7.34. The van der Waals surface area contributed by atoms with Crippen LogP contribution in [0.25, 0.3) is 10.9 Å². The number of piperazine rings is 1. The second-order valence-corrected chi connectivity index (χ2v) is 5.34. The predicted molar refractivity (Wildman–Crippen MR) is 83.7 cm³/mol. The monoisotopic (exact) mass is 301 g/mol. The van der Waals surface area contributed by atoms with Crippen LogP contribution in [0.2, 0.25) is 0 Å². The number of esters is 1. The first-order valence-electron chi connectivity index (χ1n) is 7.34. The number of carbonyl (C=O) groups is 2. The number of nitrogens with zero attached hydrogens (tertiary/aromatic N) is 2. The number of amides is 1. The maximum Gasteiger partial charge on any atom is 0.315 e. The average Bonchev–Trinajstić information content (AvgIpc) is 2.99. The van der Waals surface area contributed by atoms with E-state index in [-0.39, 0.29) is 12.3 Å². The topological polar surface area (TPSA) is 65.6 Å². The zero-order valence-electron chi connectivity index (χ0n) is 12.5. The van der Waals surface area contributed by atoms with Crippen molar-refractivity contribution >= 4 is 28.5 Å². The van der Waals surface area contributed by atoms with Gasteiger partial charge in [-0.05, 0) is 6.07 Å². The molecule has 22 heavy (non-hydrogen) atoms. The summed E-state index contributed by atoms with van der Waals surface area (Å²) < 4.78 is 4.54. The van der Waals surface area contributed by atoms with Crippen molar-refractivity contribution < 1.29 is 14.3 Å². The van der Waals surface area contributed by atoms with E-state index in [1.807, 2.05) is 18.3 Å². The van der Waals surface area contributed by atoms with Gasteiger partial charge >= 0.3 is 5.97 Å². The largest absolute Gasteiger partial charge is 0.469 e. The zero-order chi connectivity index (χ0) is 15.5. The summed E-state index contributed by atoms with van der Waals surface area (Å²) in [5.41, 5.74) is 2.28. The van der Waals surface area contributed by atoms with Gasteiger partial charge in [0.15, 0.2) is 0 Å². The molecule has 0 saturated carbocycles. The molecule has 3 rings (SSSR count). The second-order valence-electron chi connectivity index (χ2n) is 5.34. The maximum atomic E-state index is 12.0. The molecule has 1 aliphatic heterocycles. The predicted octanol–water partition coefficient (Wildman–Crippen LogP) is 1.38. The number of hydrogen-bond donors (Lipinski definition) is 1. The molecule has 1 N–H and O–H groups in total. The Balaban J connectivity index is 1.64. The highest BCUT2D eigenvalue weighted by Gasteiger charge is 2.24. The molecule has 0 radical (unpaired) electrons. The number of rotatable bonds is 3. The Morgan fingerprint density at radius 1 is 1.18 bits per heavy atom. The number of para-hydroxylation sites is 1. The Morgan fingerprint density at radius 2 is 1.91 bits per heavy atom. The highest BCUT2D eigenvalue weighted by atomic mass is 16.5. The molecule has 0 unspecified atom stereocenters. The van der Waals surface area contributed by atoms with Crippen LogP contribution in [0.15, 0.2) is 30.5 Å². The SMILES string of the molecule is COC(=O)CC(=O)N1CCN(c2c[nH]c3ccccc23)CC1. The number of carbonyl (C=O) groups excluding carboxylic acids is 2. The van der Waals surface area contributed by atoms with Gasteiger partial charge in [-0.3, -0.25) is 9.59 Å². The molecule has 1 fully saturated rings. The van der Waals surface area contributed by atoms with Gasteiger partial charge in [0.1, 0.15) is 6.42 Å². The average molecular weight is 301 g/mol. The van der Waals surface area contributed by atoms with Crippen LogP contribution in [0.1, 0.15) is 6.42 Å². The molecular weight excluding hydrogens is 282 g/mol. The molecule has 2 aromatic rings. The summed E-state index contributed by atoms with van der Waals surface area (Å²) in [6.45, 7) is 2.76. The van der Waals surface area contributed by atoms with Gasteiger partial charge in [-0.15, -0.1) is 0 Å². The molecule has 1 aliphatic rings. The van der Waals surface area contributed by atoms with E-state index in [2.05, 4.69) is 26.8 Å². The summed E-state index contributed by atoms with van der Waals surface area (Å²) in [4.78, 5) is 30.4. The number of benzene rings is 1. The lowest BCUT2D eigenvalue weighted by Gasteiger charge is -2.35. The van der Waals surface area contributed by atoms with Crippen LogP contribution in [0.5, 0.6) is 0 Å². The number of ether oxygens (including phenoxy) is 1. The highest BCUT2D eigenvalue weighted by Crippen LogP contribution is 2.27. The van der Waals surface area contributed by atoms with E-state index in [1.165, 1.54) is 12.5 Å². The van der Waals surface area contributed by atoms with Crippen LogP contribution in [0, 0.1) is 0 Å². The van der Waals surface area contributed by atoms with Crippen LogP contribution < -0.4 is 4.90 Å². The number of methoxy groups -OCH3 is 1. The molecule has 1 saturated heterocycles. The first kappa shape index (κ1) is 14.4. The number of H-pyrrole nitrogens is 1. The number of hydrogen-bond acceptors (Lipinski definition) is 4. The third-order valence-corrected chi connectivity index (χ3v) is 4.06. The number of aromatic nitrogens is 1. The van der Waals surface area contributed by atoms with Crippen molar-refractivity contribution in [3.05, 3.63) is 30.5 Å². The van der Waals surface area contributed by atoms with Crippen molar-refractivity contribution in [3.8, 4) is 0 Å². The smallest absolute Gasteiger partial charge is 0.315 e. The molecule has 116 valence electrons. The van der Waals surface area contributed by atoms with Crippen LogP contribution in [0.3, 0.4) is 0 Å². The van der Waals surface area contributed by atoms with Gasteiger partial charge in [-0.25, -0.2) is 0 Å². The Labute approximate surface area is 128 Å². The van der Waals surface area contributed by atoms with Crippen molar-refractivity contribution in [3.63, 3.8) is 0 Å².